The van der Waals surface area contributed by atoms with Crippen LogP contribution in [0, 0.1) is 6.92 Å². The molecule has 156 valence electrons. The molecule has 0 spiro atoms. The van der Waals surface area contributed by atoms with E-state index in [-0.39, 0.29) is 17.1 Å². The number of benzene rings is 2. The van der Waals surface area contributed by atoms with E-state index in [1.54, 1.807) is 18.2 Å². The molecule has 0 fully saturated rings. The second kappa shape index (κ2) is 9.39. The van der Waals surface area contributed by atoms with E-state index in [0.717, 1.165) is 23.6 Å². The molecule has 30 heavy (non-hydrogen) atoms. The van der Waals surface area contributed by atoms with Crippen LogP contribution in [-0.4, -0.2) is 24.5 Å². The number of esters is 1. The molecular weight excluding hydrogens is 382 g/mol. The molecule has 2 aromatic carbocycles. The van der Waals surface area contributed by atoms with E-state index in [1.165, 1.54) is 6.92 Å². The van der Waals surface area contributed by atoms with Crippen molar-refractivity contribution in [1.82, 2.24) is 5.32 Å². The molecule has 3 rings (SSSR count). The molecule has 0 aliphatic rings. The van der Waals surface area contributed by atoms with Gasteiger partial charge in [-0.2, -0.15) is 0 Å². The lowest BCUT2D eigenvalue weighted by Gasteiger charge is -2.18. The van der Waals surface area contributed by atoms with Crippen LogP contribution in [0.4, 0.5) is 0 Å². The van der Waals surface area contributed by atoms with Crippen molar-refractivity contribution in [3.8, 4) is 0 Å². The molecule has 0 unspecified atom stereocenters. The summed E-state index contributed by atoms with van der Waals surface area (Å²) >= 11 is 0. The zero-order valence-electron chi connectivity index (χ0n) is 17.3. The number of hydrogen-bond acceptors (Lipinski definition) is 5. The molecule has 6 nitrogen and oxygen atoms in total. The second-order valence-corrected chi connectivity index (χ2v) is 7.28. The Kier molecular flexibility index (Phi) is 6.67. The summed E-state index contributed by atoms with van der Waals surface area (Å²) in [5, 5.41) is 3.22. The van der Waals surface area contributed by atoms with Crippen molar-refractivity contribution in [2.24, 2.45) is 0 Å². The number of carbonyl (C=O) groups excluding carboxylic acids is 2. The van der Waals surface area contributed by atoms with E-state index in [2.05, 4.69) is 12.2 Å². The van der Waals surface area contributed by atoms with Crippen LogP contribution in [-0.2, 0) is 9.53 Å². The second-order valence-electron chi connectivity index (χ2n) is 7.28. The highest BCUT2D eigenvalue weighted by atomic mass is 16.6. The number of nitrogens with one attached hydrogen (secondary N) is 1. The minimum atomic E-state index is -1.02. The first-order chi connectivity index (χ1) is 14.4. The number of aryl methyl sites for hydroxylation is 1. The van der Waals surface area contributed by atoms with Gasteiger partial charge in [-0.3, -0.25) is 9.59 Å². The third kappa shape index (κ3) is 4.95. The summed E-state index contributed by atoms with van der Waals surface area (Å²) in [4.78, 5) is 37.1. The number of amides is 1. The Labute approximate surface area is 174 Å². The smallest absolute Gasteiger partial charge is 0.375 e. The normalized spacial score (nSPS) is 12.9. The van der Waals surface area contributed by atoms with Gasteiger partial charge in [0.2, 0.25) is 5.76 Å². The van der Waals surface area contributed by atoms with E-state index >= 15 is 0 Å². The van der Waals surface area contributed by atoms with E-state index in [0.29, 0.717) is 17.5 Å². The Bertz CT molecular complexity index is 1100. The van der Waals surface area contributed by atoms with E-state index in [4.69, 9.17) is 9.15 Å². The van der Waals surface area contributed by atoms with E-state index in [1.807, 2.05) is 37.3 Å². The molecular formula is C24H25NO5. The molecule has 0 aliphatic heterocycles. The predicted octanol–water partition coefficient (Wildman–Crippen LogP) is 3.96. The predicted molar refractivity (Wildman–Crippen MR) is 115 cm³/mol. The summed E-state index contributed by atoms with van der Waals surface area (Å²) in [5.41, 5.74) is 2.01. The molecule has 0 aliphatic carbocycles. The molecule has 1 aromatic heterocycles. The van der Waals surface area contributed by atoms with Crippen LogP contribution in [0.15, 0.2) is 63.8 Å². The first-order valence-corrected chi connectivity index (χ1v) is 9.97. The zero-order chi connectivity index (χ0) is 21.7. The Morgan fingerprint density at radius 2 is 1.83 bits per heavy atom. The summed E-state index contributed by atoms with van der Waals surface area (Å²) < 4.78 is 10.7. The maximum Gasteiger partial charge on any atom is 0.375 e. The molecule has 0 saturated carbocycles. The lowest BCUT2D eigenvalue weighted by Crippen LogP contribution is -2.38. The topological polar surface area (TPSA) is 85.6 Å². The fourth-order valence-corrected chi connectivity index (χ4v) is 3.23. The minimum absolute atomic E-state index is 0.167. The van der Waals surface area contributed by atoms with Crippen molar-refractivity contribution >= 4 is 22.8 Å². The monoisotopic (exact) mass is 407 g/mol. The van der Waals surface area contributed by atoms with Gasteiger partial charge in [0.25, 0.3) is 5.91 Å². The summed E-state index contributed by atoms with van der Waals surface area (Å²) in [7, 11) is 0. The molecule has 6 heteroatoms. The Balaban J connectivity index is 1.63. The minimum Gasteiger partial charge on any atom is -0.449 e. The van der Waals surface area contributed by atoms with Gasteiger partial charge in [0, 0.05) is 18.5 Å². The number of carbonyl (C=O) groups is 2. The van der Waals surface area contributed by atoms with Gasteiger partial charge in [0.15, 0.2) is 11.5 Å². The van der Waals surface area contributed by atoms with Gasteiger partial charge in [-0.05, 0) is 38.0 Å². The number of hydrogen-bond donors (Lipinski definition) is 1. The van der Waals surface area contributed by atoms with Gasteiger partial charge >= 0.3 is 5.97 Å². The standard InChI is InChI=1S/C24H25NO5/c1-4-17(18-8-6-5-7-9-18)14-25-23(27)16(3)29-24(28)22-13-20(26)19-12-15(2)10-11-21(19)30-22/h5-13,16-17H,4,14H2,1-3H3,(H,25,27)/t16-,17-/m0/s1. The van der Waals surface area contributed by atoms with Gasteiger partial charge in [0.05, 0.1) is 5.39 Å². The van der Waals surface area contributed by atoms with Crippen LogP contribution in [0.2, 0.25) is 0 Å². The third-order valence-corrected chi connectivity index (χ3v) is 5.02. The van der Waals surface area contributed by atoms with Crippen molar-refractivity contribution in [3.05, 3.63) is 81.7 Å². The molecule has 2 atom stereocenters. The Morgan fingerprint density at radius 1 is 1.10 bits per heavy atom. The van der Waals surface area contributed by atoms with E-state index in [9.17, 15) is 14.4 Å². The van der Waals surface area contributed by atoms with Crippen molar-refractivity contribution in [2.45, 2.75) is 39.2 Å². The summed E-state index contributed by atoms with van der Waals surface area (Å²) in [6, 6.07) is 16.1. The first kappa shape index (κ1) is 21.3. The molecule has 0 saturated heterocycles. The van der Waals surface area contributed by atoms with Crippen molar-refractivity contribution < 1.29 is 18.7 Å². The van der Waals surface area contributed by atoms with E-state index < -0.39 is 18.0 Å². The lowest BCUT2D eigenvalue weighted by molar-refractivity contribution is -0.129. The van der Waals surface area contributed by atoms with Crippen LogP contribution < -0.4 is 10.7 Å². The summed E-state index contributed by atoms with van der Waals surface area (Å²) in [6.07, 6.45) is -0.162. The quantitative estimate of drug-likeness (QED) is 0.599. The SMILES string of the molecule is CC[C@@H](CNC(=O)[C@H](C)OC(=O)c1cc(=O)c2cc(C)ccc2o1)c1ccccc1. The fourth-order valence-electron chi connectivity index (χ4n) is 3.23. The lowest BCUT2D eigenvalue weighted by atomic mass is 9.96. The van der Waals surface area contributed by atoms with Crippen LogP contribution in [0.1, 0.15) is 47.9 Å². The van der Waals surface area contributed by atoms with Crippen LogP contribution in [0.25, 0.3) is 11.0 Å². The molecule has 3 aromatic rings. The zero-order valence-corrected chi connectivity index (χ0v) is 17.3. The number of ether oxygens (including phenoxy) is 1. The largest absolute Gasteiger partial charge is 0.449 e. The Hall–Kier alpha value is -3.41. The summed E-state index contributed by atoms with van der Waals surface area (Å²) in [6.45, 7) is 5.84. The highest BCUT2D eigenvalue weighted by Gasteiger charge is 2.22. The van der Waals surface area contributed by atoms with Gasteiger partial charge in [0.1, 0.15) is 5.58 Å². The maximum atomic E-state index is 12.4. The maximum absolute atomic E-state index is 12.4. The molecule has 0 radical (unpaired) electrons. The van der Waals surface area contributed by atoms with Crippen molar-refractivity contribution in [1.29, 1.82) is 0 Å². The first-order valence-electron chi connectivity index (χ1n) is 9.97. The van der Waals surface area contributed by atoms with Crippen molar-refractivity contribution in [2.75, 3.05) is 6.54 Å². The average Bonchev–Trinajstić information content (AvgIpc) is 2.75. The molecule has 1 N–H and O–H groups in total. The van der Waals surface area contributed by atoms with Crippen LogP contribution in [0.5, 0.6) is 0 Å². The molecule has 1 heterocycles. The van der Waals surface area contributed by atoms with Gasteiger partial charge in [-0.1, -0.05) is 48.9 Å². The fraction of sp³-hybridized carbons (Fsp3) is 0.292. The van der Waals surface area contributed by atoms with Gasteiger partial charge in [-0.15, -0.1) is 0 Å². The number of fused-ring (bicyclic) bond motifs is 1. The van der Waals surface area contributed by atoms with Crippen LogP contribution >= 0.6 is 0 Å². The third-order valence-electron chi connectivity index (χ3n) is 5.02. The van der Waals surface area contributed by atoms with Gasteiger partial charge in [-0.25, -0.2) is 4.79 Å². The average molecular weight is 407 g/mol. The number of rotatable bonds is 7. The van der Waals surface area contributed by atoms with Crippen molar-refractivity contribution in [3.63, 3.8) is 0 Å². The highest BCUT2D eigenvalue weighted by molar-refractivity contribution is 5.91. The molecule has 0 bridgehead atoms. The summed E-state index contributed by atoms with van der Waals surface area (Å²) in [5.74, 6) is -1.32. The van der Waals surface area contributed by atoms with Crippen LogP contribution in [0.3, 0.4) is 0 Å². The van der Waals surface area contributed by atoms with Gasteiger partial charge < -0.3 is 14.5 Å². The Morgan fingerprint density at radius 3 is 2.53 bits per heavy atom. The highest BCUT2D eigenvalue weighted by Crippen LogP contribution is 2.18. The molecule has 1 amide bonds.